The molecule has 0 amide bonds. The second-order valence-electron chi connectivity index (χ2n) is 14.4. The van der Waals surface area contributed by atoms with Crippen LogP contribution < -0.4 is 0 Å². The van der Waals surface area contributed by atoms with Gasteiger partial charge in [-0.1, -0.05) is 32.4 Å². The smallest absolute Gasteiger partial charge is 0.0657 e. The van der Waals surface area contributed by atoms with Gasteiger partial charge in [0.1, 0.15) is 0 Å². The minimum absolute atomic E-state index is 0.318. The Balaban J connectivity index is 1.26. The molecule has 0 aromatic carbocycles. The predicted octanol–water partition coefficient (Wildman–Crippen LogP) is 6.91. The summed E-state index contributed by atoms with van der Waals surface area (Å²) < 4.78 is 5.54. The van der Waals surface area contributed by atoms with Crippen molar-refractivity contribution in [1.29, 1.82) is 0 Å². The Morgan fingerprint density at radius 3 is 2.50 bits per heavy atom. The molecule has 0 spiro atoms. The number of hydrogen-bond acceptors (Lipinski definition) is 3. The van der Waals surface area contributed by atoms with Gasteiger partial charge in [0.05, 0.1) is 11.2 Å². The summed E-state index contributed by atoms with van der Waals surface area (Å²) in [6, 6.07) is 0. The van der Waals surface area contributed by atoms with Crippen LogP contribution in [0.5, 0.6) is 0 Å². The van der Waals surface area contributed by atoms with Gasteiger partial charge >= 0.3 is 0 Å². The Morgan fingerprint density at radius 2 is 1.76 bits per heavy atom. The van der Waals surface area contributed by atoms with Gasteiger partial charge in [-0.25, -0.2) is 0 Å². The first-order chi connectivity index (χ1) is 16.0. The van der Waals surface area contributed by atoms with Crippen LogP contribution in [-0.4, -0.2) is 34.6 Å². The molecule has 3 nitrogen and oxygen atoms in total. The van der Waals surface area contributed by atoms with Gasteiger partial charge in [0.2, 0.25) is 0 Å². The molecule has 5 aliphatic rings. The van der Waals surface area contributed by atoms with E-state index in [-0.39, 0.29) is 0 Å². The Bertz CT molecular complexity index is 778. The highest BCUT2D eigenvalue weighted by Gasteiger charge is 2.59. The zero-order valence-electron chi connectivity index (χ0n) is 22.7. The number of aliphatic hydroxyl groups is 2. The standard InChI is InChI=1S/C31H52O3/c1-21(10-15-31(5,33)22-12-18-34-19-13-22)25-8-9-26-24-7-6-23-20-28(2,32)16-17-29(23,3)27(24)11-14-30(25,26)4/h6,21-22,24-27,32-33H,7-20H2,1-5H3/t21-,24+,25-,26+,27+,28+,29+,30-,31-/m1/s1. The summed E-state index contributed by atoms with van der Waals surface area (Å²) in [5, 5.41) is 22.0. The van der Waals surface area contributed by atoms with Crippen LogP contribution >= 0.6 is 0 Å². The monoisotopic (exact) mass is 472 g/mol. The van der Waals surface area contributed by atoms with E-state index in [0.29, 0.717) is 22.7 Å². The van der Waals surface area contributed by atoms with Crippen LogP contribution in [0.2, 0.25) is 0 Å². The number of hydrogen-bond donors (Lipinski definition) is 2. The van der Waals surface area contributed by atoms with Crippen molar-refractivity contribution in [2.24, 2.45) is 46.3 Å². The normalized spacial score (nSPS) is 47.7. The van der Waals surface area contributed by atoms with Crippen molar-refractivity contribution in [2.75, 3.05) is 13.2 Å². The number of ether oxygens (including phenoxy) is 1. The molecule has 1 aliphatic heterocycles. The van der Waals surface area contributed by atoms with E-state index in [9.17, 15) is 10.2 Å². The van der Waals surface area contributed by atoms with E-state index in [0.717, 1.165) is 81.8 Å². The second kappa shape index (κ2) is 8.88. The molecule has 34 heavy (non-hydrogen) atoms. The third-order valence-electron chi connectivity index (χ3n) is 12.3. The quantitative estimate of drug-likeness (QED) is 0.427. The molecule has 0 bridgehead atoms. The average Bonchev–Trinajstić information content (AvgIpc) is 3.16. The highest BCUT2D eigenvalue weighted by atomic mass is 16.5. The zero-order valence-corrected chi connectivity index (χ0v) is 22.7. The molecule has 9 atom stereocenters. The van der Waals surface area contributed by atoms with Gasteiger partial charge in [-0.3, -0.25) is 0 Å². The van der Waals surface area contributed by atoms with Crippen LogP contribution in [0.25, 0.3) is 0 Å². The molecule has 0 aromatic heterocycles. The maximum absolute atomic E-state index is 11.3. The SMILES string of the molecule is C[C@H](CC[C@@](C)(O)C1CCOCC1)[C@H]1CC[C@H]2[C@@H]3CC=C4C[C@@](C)(O)CC[C@]4(C)[C@H]3CC[C@]12C. The molecule has 1 heterocycles. The molecule has 4 fully saturated rings. The van der Waals surface area contributed by atoms with Gasteiger partial charge in [0, 0.05) is 13.2 Å². The molecule has 0 aromatic rings. The molecule has 3 heteroatoms. The lowest BCUT2D eigenvalue weighted by molar-refractivity contribution is -0.0765. The molecule has 0 unspecified atom stereocenters. The van der Waals surface area contributed by atoms with Crippen molar-refractivity contribution >= 4 is 0 Å². The average molecular weight is 473 g/mol. The first-order valence-corrected chi connectivity index (χ1v) is 14.7. The van der Waals surface area contributed by atoms with Crippen LogP contribution in [0, 0.1) is 46.3 Å². The fourth-order valence-corrected chi connectivity index (χ4v) is 10.0. The van der Waals surface area contributed by atoms with Crippen LogP contribution in [0.3, 0.4) is 0 Å². The summed E-state index contributed by atoms with van der Waals surface area (Å²) in [5.41, 5.74) is 1.31. The summed E-state index contributed by atoms with van der Waals surface area (Å²) in [7, 11) is 0. The number of fused-ring (bicyclic) bond motifs is 5. The topological polar surface area (TPSA) is 49.7 Å². The molecule has 5 rings (SSSR count). The van der Waals surface area contributed by atoms with E-state index in [1.54, 1.807) is 5.57 Å². The van der Waals surface area contributed by atoms with Crippen molar-refractivity contribution < 1.29 is 14.9 Å². The summed E-state index contributed by atoms with van der Waals surface area (Å²) >= 11 is 0. The van der Waals surface area contributed by atoms with Crippen LogP contribution in [0.1, 0.15) is 112 Å². The highest BCUT2D eigenvalue weighted by Crippen LogP contribution is 2.67. The summed E-state index contributed by atoms with van der Waals surface area (Å²) in [6.07, 6.45) is 16.5. The van der Waals surface area contributed by atoms with Crippen molar-refractivity contribution in [3.63, 3.8) is 0 Å². The molecule has 1 saturated heterocycles. The molecular formula is C31H52O3. The fourth-order valence-electron chi connectivity index (χ4n) is 10.0. The first-order valence-electron chi connectivity index (χ1n) is 14.7. The first kappa shape index (κ1) is 25.3. The van der Waals surface area contributed by atoms with Crippen LogP contribution in [0.4, 0.5) is 0 Å². The van der Waals surface area contributed by atoms with Gasteiger partial charge in [-0.05, 0) is 137 Å². The lowest BCUT2D eigenvalue weighted by atomic mass is 9.46. The fraction of sp³-hybridized carbons (Fsp3) is 0.935. The van der Waals surface area contributed by atoms with Gasteiger partial charge < -0.3 is 14.9 Å². The zero-order chi connectivity index (χ0) is 24.4. The number of rotatable bonds is 5. The molecule has 2 N–H and O–H groups in total. The third kappa shape index (κ3) is 4.24. The second-order valence-corrected chi connectivity index (χ2v) is 14.4. The lowest BCUT2D eigenvalue weighted by Crippen LogP contribution is -2.52. The minimum Gasteiger partial charge on any atom is -0.390 e. The Kier molecular flexibility index (Phi) is 6.60. The minimum atomic E-state index is -0.546. The molecule has 4 aliphatic carbocycles. The molecule has 0 radical (unpaired) electrons. The van der Waals surface area contributed by atoms with E-state index >= 15 is 0 Å². The van der Waals surface area contributed by atoms with E-state index in [2.05, 4.69) is 33.8 Å². The maximum atomic E-state index is 11.3. The van der Waals surface area contributed by atoms with Gasteiger partial charge in [-0.2, -0.15) is 0 Å². The molecule has 194 valence electrons. The van der Waals surface area contributed by atoms with E-state index in [4.69, 9.17) is 4.74 Å². The van der Waals surface area contributed by atoms with Gasteiger partial charge in [0.15, 0.2) is 0 Å². The summed E-state index contributed by atoms with van der Waals surface area (Å²) in [4.78, 5) is 0. The van der Waals surface area contributed by atoms with Crippen molar-refractivity contribution in [3.05, 3.63) is 11.6 Å². The van der Waals surface area contributed by atoms with E-state index in [1.807, 2.05) is 6.92 Å². The summed E-state index contributed by atoms with van der Waals surface area (Å²) in [5.74, 6) is 4.38. The van der Waals surface area contributed by atoms with Gasteiger partial charge in [0.25, 0.3) is 0 Å². The molecule has 3 saturated carbocycles. The Morgan fingerprint density at radius 1 is 1.03 bits per heavy atom. The van der Waals surface area contributed by atoms with Crippen molar-refractivity contribution in [2.45, 2.75) is 123 Å². The maximum Gasteiger partial charge on any atom is 0.0657 e. The van der Waals surface area contributed by atoms with Crippen LogP contribution in [-0.2, 0) is 4.74 Å². The largest absolute Gasteiger partial charge is 0.390 e. The van der Waals surface area contributed by atoms with E-state index in [1.165, 1.54) is 32.1 Å². The summed E-state index contributed by atoms with van der Waals surface area (Å²) in [6.45, 7) is 13.4. The van der Waals surface area contributed by atoms with Crippen LogP contribution in [0.15, 0.2) is 11.6 Å². The Labute approximate surface area is 209 Å². The van der Waals surface area contributed by atoms with Crippen molar-refractivity contribution in [1.82, 2.24) is 0 Å². The Hall–Kier alpha value is -0.380. The van der Waals surface area contributed by atoms with Crippen molar-refractivity contribution in [3.8, 4) is 0 Å². The van der Waals surface area contributed by atoms with Gasteiger partial charge in [-0.15, -0.1) is 0 Å². The number of allylic oxidation sites excluding steroid dienone is 1. The highest BCUT2D eigenvalue weighted by molar-refractivity contribution is 5.26. The van der Waals surface area contributed by atoms with E-state index < -0.39 is 11.2 Å². The lowest BCUT2D eigenvalue weighted by Gasteiger charge is -2.59. The predicted molar refractivity (Wildman–Crippen MR) is 138 cm³/mol. The molecular weight excluding hydrogens is 420 g/mol. The third-order valence-corrected chi connectivity index (χ3v) is 12.3.